The Kier molecular flexibility index (Phi) is 16.4. The maximum absolute atomic E-state index is 5.23. The molecule has 0 aliphatic carbocycles. The van der Waals surface area contributed by atoms with Crippen LogP contribution >= 0.6 is 22.7 Å². The molecule has 8 nitrogen and oxygen atoms in total. The zero-order valence-corrected chi connectivity index (χ0v) is 62.0. The summed E-state index contributed by atoms with van der Waals surface area (Å²) in [7, 11) is 0. The second-order valence-electron chi connectivity index (χ2n) is 28.0. The minimum atomic E-state index is 0.636. The molecule has 0 radical (unpaired) electrons. The lowest BCUT2D eigenvalue weighted by Gasteiger charge is -2.14. The molecule has 0 saturated heterocycles. The van der Waals surface area contributed by atoms with Gasteiger partial charge in [-0.2, -0.15) is 0 Å². The first-order valence-corrected chi connectivity index (χ1v) is 39.2. The number of rotatable bonds is 12. The predicted octanol–water partition coefficient (Wildman–Crippen LogP) is 27.3. The summed E-state index contributed by atoms with van der Waals surface area (Å²) in [5, 5.41) is 10.1. The first-order valence-electron chi connectivity index (χ1n) is 37.6. The summed E-state index contributed by atoms with van der Waals surface area (Å²) < 4.78 is 9.85. The molecule has 0 amide bonds. The van der Waals surface area contributed by atoms with E-state index in [1.54, 1.807) is 0 Å². The highest BCUT2D eigenvalue weighted by Gasteiger charge is 2.25. The molecule has 112 heavy (non-hydrogen) atoms. The van der Waals surface area contributed by atoms with Crippen LogP contribution in [0.3, 0.4) is 0 Å². The second-order valence-corrected chi connectivity index (χ2v) is 30.0. The average molecular weight is 1470 g/mol. The fourth-order valence-corrected chi connectivity index (χ4v) is 18.8. The Morgan fingerprint density at radius 1 is 0.179 bits per heavy atom. The molecule has 0 unspecified atom stereocenters. The van der Waals surface area contributed by atoms with E-state index in [0.29, 0.717) is 34.9 Å². The molecule has 0 saturated carbocycles. The largest absolute Gasteiger partial charge is 0.309 e. The molecule has 10 heteroatoms. The molecule has 6 aromatic heterocycles. The molecule has 0 aliphatic rings. The lowest BCUT2D eigenvalue weighted by molar-refractivity contribution is 1.07. The van der Waals surface area contributed by atoms with E-state index in [9.17, 15) is 0 Å². The Morgan fingerprint density at radius 2 is 0.518 bits per heavy atom. The fourth-order valence-electron chi connectivity index (χ4n) is 16.1. The number of nitrogens with zero attached hydrogens (tertiary/aromatic N) is 8. The lowest BCUT2D eigenvalue weighted by atomic mass is 9.93. The van der Waals surface area contributed by atoms with E-state index in [-0.39, 0.29) is 0 Å². The van der Waals surface area contributed by atoms with Crippen molar-refractivity contribution >= 4 is 107 Å². The van der Waals surface area contributed by atoms with Crippen molar-refractivity contribution in [1.29, 1.82) is 0 Å². The number of thiophene rings is 2. The summed E-state index contributed by atoms with van der Waals surface area (Å²) in [4.78, 5) is 30.8. The van der Waals surface area contributed by atoms with Gasteiger partial charge in [0.25, 0.3) is 0 Å². The van der Waals surface area contributed by atoms with Crippen LogP contribution in [0, 0.1) is 0 Å². The zero-order valence-electron chi connectivity index (χ0n) is 60.3. The van der Waals surface area contributed by atoms with Gasteiger partial charge in [-0.3, -0.25) is 0 Å². The molecular formula is C102H64N8S2. The molecule has 0 atom stereocenters. The summed E-state index contributed by atoms with van der Waals surface area (Å²) in [6.07, 6.45) is 0. The first-order chi connectivity index (χ1) is 55.5. The van der Waals surface area contributed by atoms with Crippen molar-refractivity contribution in [2.24, 2.45) is 0 Å². The molecule has 0 fully saturated rings. The van der Waals surface area contributed by atoms with Crippen molar-refractivity contribution in [2.45, 2.75) is 0 Å². The summed E-state index contributed by atoms with van der Waals surface area (Å²) >= 11 is 3.74. The SMILES string of the molecule is c1ccc(-c2ccc(-c3ccc4c(c3)sc3c4ccc4c3c3ccccc3n4-c3ccccc3)c(-c3nc(-c4ccccc4)nc(-c4ccccc4)n3)c2)cc1.c1ccc(-c2ccc(-c3cccc4c3sc3c4ccc4c3c3ccccc3n4-c3ccccc3)c(-c3nc(-c4ccccc4)nc(-c4ccccc4)n3)c2)cc1. The van der Waals surface area contributed by atoms with Gasteiger partial charge >= 0.3 is 0 Å². The van der Waals surface area contributed by atoms with E-state index in [2.05, 4.69) is 325 Å². The number of para-hydroxylation sites is 4. The molecule has 22 aromatic rings. The topological polar surface area (TPSA) is 87.2 Å². The summed E-state index contributed by atoms with van der Waals surface area (Å²) in [6, 6.07) is 137. The van der Waals surface area contributed by atoms with Gasteiger partial charge in [0.2, 0.25) is 0 Å². The van der Waals surface area contributed by atoms with Crippen LogP contribution in [0.1, 0.15) is 0 Å². The molecule has 524 valence electrons. The third-order valence-electron chi connectivity index (χ3n) is 21.3. The summed E-state index contributed by atoms with van der Waals surface area (Å²) in [6.45, 7) is 0. The van der Waals surface area contributed by atoms with E-state index in [1.807, 2.05) is 95.5 Å². The Balaban J connectivity index is 0.000000141. The molecule has 0 bridgehead atoms. The fraction of sp³-hybridized carbons (Fsp3) is 0. The maximum Gasteiger partial charge on any atom is 0.164 e. The molecular weight excluding hydrogens is 1400 g/mol. The molecule has 0 spiro atoms. The van der Waals surface area contributed by atoms with Crippen LogP contribution in [-0.2, 0) is 0 Å². The van der Waals surface area contributed by atoms with Crippen LogP contribution < -0.4 is 0 Å². The summed E-state index contributed by atoms with van der Waals surface area (Å²) in [5.41, 5.74) is 21.8. The molecule has 22 rings (SSSR count). The van der Waals surface area contributed by atoms with Crippen molar-refractivity contribution in [3.63, 3.8) is 0 Å². The van der Waals surface area contributed by atoms with Gasteiger partial charge in [0, 0.05) is 112 Å². The van der Waals surface area contributed by atoms with Gasteiger partial charge in [-0.1, -0.05) is 322 Å². The van der Waals surface area contributed by atoms with E-state index in [0.717, 1.165) is 89.3 Å². The van der Waals surface area contributed by atoms with Crippen molar-refractivity contribution < 1.29 is 0 Å². The molecule has 6 heterocycles. The van der Waals surface area contributed by atoms with Crippen molar-refractivity contribution in [2.75, 3.05) is 0 Å². The van der Waals surface area contributed by atoms with Crippen molar-refractivity contribution in [1.82, 2.24) is 39.0 Å². The predicted molar refractivity (Wildman–Crippen MR) is 468 cm³/mol. The van der Waals surface area contributed by atoms with E-state index in [1.165, 1.54) is 84.0 Å². The van der Waals surface area contributed by atoms with E-state index in [4.69, 9.17) is 29.9 Å². The van der Waals surface area contributed by atoms with E-state index >= 15 is 0 Å². The Bertz CT molecular complexity index is 7220. The van der Waals surface area contributed by atoms with Crippen molar-refractivity contribution in [3.05, 3.63) is 388 Å². The first kappa shape index (κ1) is 65.8. The number of hydrogen-bond donors (Lipinski definition) is 0. The van der Waals surface area contributed by atoms with E-state index < -0.39 is 0 Å². The third kappa shape index (κ3) is 11.7. The smallest absolute Gasteiger partial charge is 0.164 e. The van der Waals surface area contributed by atoms with Crippen LogP contribution in [0.25, 0.3) is 208 Å². The van der Waals surface area contributed by atoms with Gasteiger partial charge in [-0.15, -0.1) is 22.7 Å². The monoisotopic (exact) mass is 1460 g/mol. The van der Waals surface area contributed by atoms with Crippen LogP contribution in [0.4, 0.5) is 0 Å². The van der Waals surface area contributed by atoms with Crippen LogP contribution in [0.2, 0.25) is 0 Å². The minimum Gasteiger partial charge on any atom is -0.309 e. The quantitative estimate of drug-likeness (QED) is 0.121. The second kappa shape index (κ2) is 28.0. The van der Waals surface area contributed by atoms with Crippen LogP contribution in [-0.4, -0.2) is 39.0 Å². The van der Waals surface area contributed by atoms with Crippen LogP contribution in [0.15, 0.2) is 388 Å². The van der Waals surface area contributed by atoms with Gasteiger partial charge in [0.1, 0.15) is 0 Å². The van der Waals surface area contributed by atoms with Gasteiger partial charge < -0.3 is 9.13 Å². The highest BCUT2D eigenvalue weighted by molar-refractivity contribution is 7.27. The standard InChI is InChI=1S/2C51H32N4S/c1-5-16-33(17-6-1)36-28-29-38(43(32-36)51-53-49(34-18-7-2-8-19-34)52-50(54-51)35-20-9-3-10-21-35)39-25-15-26-40-41-30-31-45-46(48(41)56-47(39)40)42-24-13-14-27-44(42)55(45)37-22-11-4-12-23-37;1-5-15-33(16-6-1)36-25-27-39(43(31-36)51-53-49(34-17-7-2-8-18-34)52-50(54-51)35-19-9-3-10-20-35)37-26-28-40-41-29-30-45-47(48(41)56-46(40)32-37)42-23-13-14-24-44(42)55(45)38-21-11-4-12-22-38/h2*1-32H. The maximum atomic E-state index is 5.23. The normalized spacial score (nSPS) is 11.6. The van der Waals surface area contributed by atoms with Gasteiger partial charge in [0.15, 0.2) is 34.9 Å². The highest BCUT2D eigenvalue weighted by Crippen LogP contribution is 2.50. The van der Waals surface area contributed by atoms with Gasteiger partial charge in [0.05, 0.1) is 22.1 Å². The third-order valence-corrected chi connectivity index (χ3v) is 23.8. The van der Waals surface area contributed by atoms with Gasteiger partial charge in [-0.25, -0.2) is 29.9 Å². The summed E-state index contributed by atoms with van der Waals surface area (Å²) in [5.74, 6) is 3.84. The minimum absolute atomic E-state index is 0.636. The number of aromatic nitrogens is 8. The number of fused-ring (bicyclic) bond motifs is 14. The molecule has 0 N–H and O–H groups in total. The Labute approximate surface area is 653 Å². The lowest BCUT2D eigenvalue weighted by Crippen LogP contribution is -2.01. The van der Waals surface area contributed by atoms with Crippen molar-refractivity contribution in [3.8, 4) is 124 Å². The van der Waals surface area contributed by atoms with Crippen LogP contribution in [0.5, 0.6) is 0 Å². The number of hydrogen-bond acceptors (Lipinski definition) is 8. The Morgan fingerprint density at radius 3 is 0.973 bits per heavy atom. The average Bonchev–Trinajstić information content (AvgIpc) is 1.56. The molecule has 16 aromatic carbocycles. The highest BCUT2D eigenvalue weighted by atomic mass is 32.1. The molecule has 0 aliphatic heterocycles. The zero-order chi connectivity index (χ0) is 74.0. The van der Waals surface area contributed by atoms with Gasteiger partial charge in [-0.05, 0) is 106 Å². The Hall–Kier alpha value is -14.4. The number of benzene rings is 16.